The highest BCUT2D eigenvalue weighted by molar-refractivity contribution is 5.86. The molecule has 0 radical (unpaired) electrons. The van der Waals surface area contributed by atoms with Crippen molar-refractivity contribution in [2.45, 2.75) is 19.3 Å². The van der Waals surface area contributed by atoms with Gasteiger partial charge in [-0.3, -0.25) is 0 Å². The monoisotopic (exact) mass is 345 g/mol. The van der Waals surface area contributed by atoms with Crippen LogP contribution in [0.3, 0.4) is 0 Å². The topological polar surface area (TPSA) is 65.2 Å². The zero-order valence-corrected chi connectivity index (χ0v) is 14.8. The van der Waals surface area contributed by atoms with Gasteiger partial charge in [0.15, 0.2) is 0 Å². The summed E-state index contributed by atoms with van der Waals surface area (Å²) in [4.78, 5) is 11.6. The van der Waals surface area contributed by atoms with Gasteiger partial charge >= 0.3 is 0 Å². The number of benzene rings is 2. The van der Waals surface area contributed by atoms with Crippen LogP contribution in [0.5, 0.6) is 0 Å². The van der Waals surface area contributed by atoms with E-state index in [4.69, 9.17) is 10.5 Å². The van der Waals surface area contributed by atoms with Crippen molar-refractivity contribution in [3.63, 3.8) is 0 Å². The van der Waals surface area contributed by atoms with Gasteiger partial charge in [0.05, 0.1) is 12.2 Å². The molecule has 2 aromatic carbocycles. The third-order valence-corrected chi connectivity index (χ3v) is 5.23. The van der Waals surface area contributed by atoms with E-state index in [1.54, 1.807) is 0 Å². The average Bonchev–Trinajstić information content (AvgIpc) is 2.72. The van der Waals surface area contributed by atoms with Crippen molar-refractivity contribution < 1.29 is 0 Å². The normalized spacial score (nSPS) is 15.3. The Balaban J connectivity index is 1.52. The van der Waals surface area contributed by atoms with E-state index >= 15 is 0 Å². The maximum atomic E-state index is 6.95. The molecule has 1 aliphatic rings. The number of nitrogens with zero attached hydrogens (tertiary/aromatic N) is 4. The summed E-state index contributed by atoms with van der Waals surface area (Å²) in [6.07, 6.45) is 5.13. The first-order chi connectivity index (χ1) is 12.8. The summed E-state index contributed by atoms with van der Waals surface area (Å²) >= 11 is 0. The molecule has 132 valence electrons. The summed E-state index contributed by atoms with van der Waals surface area (Å²) in [5.74, 6) is 1.49. The molecule has 3 aromatic rings. The standard InChI is InChI=1S/C21H23N5/c22-24-12-7-16-9-13-26(14-10-16)21-23-11-8-20(25-21)19-6-5-17-3-1-2-4-18(17)15-19/h1-6,8,11,15-16,22H,7,9-10,12-14H2. The number of fused-ring (bicyclic) bond motifs is 1. The Morgan fingerprint density at radius 2 is 1.85 bits per heavy atom. The summed E-state index contributed by atoms with van der Waals surface area (Å²) in [6.45, 7) is 2.60. The van der Waals surface area contributed by atoms with Gasteiger partial charge in [0.1, 0.15) is 0 Å². The molecule has 1 fully saturated rings. The number of nitrogens with one attached hydrogen (secondary N) is 1. The van der Waals surface area contributed by atoms with Crippen LogP contribution < -0.4 is 4.90 Å². The molecule has 0 atom stereocenters. The maximum Gasteiger partial charge on any atom is 0.225 e. The molecule has 0 spiro atoms. The van der Waals surface area contributed by atoms with Crippen LogP contribution >= 0.6 is 0 Å². The van der Waals surface area contributed by atoms with Crippen molar-refractivity contribution in [3.8, 4) is 11.3 Å². The van der Waals surface area contributed by atoms with Gasteiger partial charge in [-0.05, 0) is 48.1 Å². The third kappa shape index (κ3) is 3.57. The van der Waals surface area contributed by atoms with Gasteiger partial charge in [-0.25, -0.2) is 15.5 Å². The van der Waals surface area contributed by atoms with Gasteiger partial charge in [0.2, 0.25) is 5.95 Å². The highest BCUT2D eigenvalue weighted by Gasteiger charge is 2.21. The zero-order chi connectivity index (χ0) is 17.8. The van der Waals surface area contributed by atoms with Gasteiger partial charge < -0.3 is 4.90 Å². The van der Waals surface area contributed by atoms with Crippen LogP contribution in [0.15, 0.2) is 59.8 Å². The fraction of sp³-hybridized carbons (Fsp3) is 0.333. The minimum absolute atomic E-state index is 0.651. The van der Waals surface area contributed by atoms with Crippen LogP contribution in [-0.4, -0.2) is 29.6 Å². The number of hydrogen-bond donors (Lipinski definition) is 1. The lowest BCUT2D eigenvalue weighted by atomic mass is 9.94. The Bertz CT molecular complexity index is 900. The van der Waals surface area contributed by atoms with Crippen molar-refractivity contribution >= 4 is 16.7 Å². The molecule has 4 rings (SSSR count). The summed E-state index contributed by atoms with van der Waals surface area (Å²) < 4.78 is 0. The number of anilines is 1. The number of piperidine rings is 1. The van der Waals surface area contributed by atoms with Gasteiger partial charge in [0, 0.05) is 24.8 Å². The van der Waals surface area contributed by atoms with E-state index in [2.05, 4.69) is 57.5 Å². The van der Waals surface area contributed by atoms with E-state index in [-0.39, 0.29) is 0 Å². The molecule has 5 nitrogen and oxygen atoms in total. The first kappa shape index (κ1) is 16.6. The predicted molar refractivity (Wildman–Crippen MR) is 105 cm³/mol. The fourth-order valence-electron chi connectivity index (χ4n) is 3.68. The Labute approximate surface area is 153 Å². The lowest BCUT2D eigenvalue weighted by molar-refractivity contribution is 0.381. The van der Waals surface area contributed by atoms with Crippen molar-refractivity contribution in [2.75, 3.05) is 24.5 Å². The van der Waals surface area contributed by atoms with Crippen molar-refractivity contribution in [2.24, 2.45) is 11.0 Å². The minimum atomic E-state index is 0.651. The Kier molecular flexibility index (Phi) is 4.86. The Hall–Kier alpha value is -2.82. The summed E-state index contributed by atoms with van der Waals surface area (Å²) in [7, 11) is 0. The van der Waals surface area contributed by atoms with Crippen LogP contribution in [0.2, 0.25) is 0 Å². The third-order valence-electron chi connectivity index (χ3n) is 5.23. The summed E-state index contributed by atoms with van der Waals surface area (Å²) in [5, 5.41) is 5.96. The van der Waals surface area contributed by atoms with Crippen molar-refractivity contribution in [1.82, 2.24) is 9.97 Å². The van der Waals surface area contributed by atoms with Crippen molar-refractivity contribution in [1.29, 1.82) is 5.53 Å². The van der Waals surface area contributed by atoms with Crippen LogP contribution in [0.1, 0.15) is 19.3 Å². The second-order valence-electron chi connectivity index (χ2n) is 6.90. The SMILES string of the molecule is N=NCCC1CCN(c2nccc(-c3ccc4ccccc4c3)n2)CC1. The Morgan fingerprint density at radius 3 is 2.65 bits per heavy atom. The lowest BCUT2D eigenvalue weighted by Crippen LogP contribution is -2.35. The van der Waals surface area contributed by atoms with Gasteiger partial charge in [-0.1, -0.05) is 36.4 Å². The molecule has 26 heavy (non-hydrogen) atoms. The largest absolute Gasteiger partial charge is 0.341 e. The molecule has 0 amide bonds. The highest BCUT2D eigenvalue weighted by atomic mass is 15.2. The molecule has 5 heteroatoms. The molecular formula is C21H23N5. The van der Waals surface area contributed by atoms with Crippen LogP contribution in [0.4, 0.5) is 5.95 Å². The number of aromatic nitrogens is 2. The van der Waals surface area contributed by atoms with Crippen LogP contribution in [0.25, 0.3) is 22.0 Å². The molecule has 2 heterocycles. The van der Waals surface area contributed by atoms with E-state index in [1.807, 2.05) is 12.3 Å². The first-order valence-electron chi connectivity index (χ1n) is 9.24. The minimum Gasteiger partial charge on any atom is -0.341 e. The molecule has 0 saturated carbocycles. The molecule has 0 aliphatic carbocycles. The van der Waals surface area contributed by atoms with E-state index in [0.717, 1.165) is 49.6 Å². The summed E-state index contributed by atoms with van der Waals surface area (Å²) in [5.41, 5.74) is 9.04. The molecule has 1 N–H and O–H groups in total. The number of hydrogen-bond acceptors (Lipinski definition) is 5. The van der Waals surface area contributed by atoms with Gasteiger partial charge in [0.25, 0.3) is 0 Å². The fourth-order valence-corrected chi connectivity index (χ4v) is 3.68. The quantitative estimate of drug-likeness (QED) is 0.667. The average molecular weight is 345 g/mol. The second kappa shape index (κ2) is 7.60. The first-order valence-corrected chi connectivity index (χ1v) is 9.24. The molecule has 1 saturated heterocycles. The van der Waals surface area contributed by atoms with E-state index < -0.39 is 0 Å². The van der Waals surface area contributed by atoms with Gasteiger partial charge in [-0.15, -0.1) is 0 Å². The highest BCUT2D eigenvalue weighted by Crippen LogP contribution is 2.26. The summed E-state index contributed by atoms with van der Waals surface area (Å²) in [6, 6.07) is 16.8. The smallest absolute Gasteiger partial charge is 0.225 e. The lowest BCUT2D eigenvalue weighted by Gasteiger charge is -2.31. The molecule has 0 unspecified atom stereocenters. The number of rotatable bonds is 5. The maximum absolute atomic E-state index is 6.95. The van der Waals surface area contributed by atoms with Gasteiger partial charge in [-0.2, -0.15) is 5.11 Å². The zero-order valence-electron chi connectivity index (χ0n) is 14.8. The van der Waals surface area contributed by atoms with E-state index in [1.165, 1.54) is 10.8 Å². The second-order valence-corrected chi connectivity index (χ2v) is 6.90. The van der Waals surface area contributed by atoms with E-state index in [0.29, 0.717) is 12.5 Å². The molecule has 1 aliphatic heterocycles. The molecule has 1 aromatic heterocycles. The van der Waals surface area contributed by atoms with E-state index in [9.17, 15) is 0 Å². The molecule has 0 bridgehead atoms. The van der Waals surface area contributed by atoms with Crippen LogP contribution in [-0.2, 0) is 0 Å². The van der Waals surface area contributed by atoms with Crippen molar-refractivity contribution in [3.05, 3.63) is 54.7 Å². The predicted octanol–water partition coefficient (Wildman–Crippen LogP) is 4.93. The Morgan fingerprint density at radius 1 is 1.04 bits per heavy atom. The van der Waals surface area contributed by atoms with Crippen LogP contribution in [0, 0.1) is 11.4 Å². The molecular weight excluding hydrogens is 322 g/mol.